The smallest absolute Gasteiger partial charge is 0.253 e. The van der Waals surface area contributed by atoms with E-state index in [0.29, 0.717) is 39.3 Å². The third-order valence-electron chi connectivity index (χ3n) is 4.08. The predicted octanol–water partition coefficient (Wildman–Crippen LogP) is 0.809. The molecule has 1 amide bonds. The molecule has 0 bridgehead atoms. The van der Waals surface area contributed by atoms with Gasteiger partial charge in [-0.2, -0.15) is 0 Å². The van der Waals surface area contributed by atoms with Crippen molar-refractivity contribution in [3.8, 4) is 0 Å². The first-order chi connectivity index (χ1) is 10.8. The van der Waals surface area contributed by atoms with Gasteiger partial charge in [-0.05, 0) is 11.4 Å². The predicted molar refractivity (Wildman–Crippen MR) is 90.1 cm³/mol. The highest BCUT2D eigenvalue weighted by Crippen LogP contribution is 2.26. The van der Waals surface area contributed by atoms with Crippen LogP contribution in [-0.4, -0.2) is 67.5 Å². The molecule has 2 aliphatic rings. The van der Waals surface area contributed by atoms with Crippen LogP contribution in [0.3, 0.4) is 0 Å². The maximum Gasteiger partial charge on any atom is 0.253 e. The molecule has 0 radical (unpaired) electrons. The molecule has 2 N–H and O–H groups in total. The molecule has 2 fully saturated rings. The Bertz CT molecular complexity index is 482. The second kappa shape index (κ2) is 8.96. The van der Waals surface area contributed by atoms with E-state index in [1.165, 1.54) is 11.3 Å². The molecule has 3 atom stereocenters. The number of aliphatic hydroxyl groups excluding tert-OH is 1. The highest BCUT2D eigenvalue weighted by atomic mass is 35.5. The number of amides is 1. The van der Waals surface area contributed by atoms with E-state index in [4.69, 9.17) is 9.47 Å². The first-order valence-corrected chi connectivity index (χ1v) is 8.55. The average molecular weight is 363 g/mol. The van der Waals surface area contributed by atoms with Crippen molar-refractivity contribution in [2.45, 2.75) is 24.7 Å². The van der Waals surface area contributed by atoms with E-state index >= 15 is 0 Å². The van der Waals surface area contributed by atoms with Gasteiger partial charge in [-0.1, -0.05) is 6.07 Å². The van der Waals surface area contributed by atoms with Gasteiger partial charge in [0.15, 0.2) is 0 Å². The summed E-state index contributed by atoms with van der Waals surface area (Å²) in [6.07, 6.45) is -0.493. The molecular formula is C15H23ClN2O4S. The lowest BCUT2D eigenvalue weighted by Gasteiger charge is -2.39. The lowest BCUT2D eigenvalue weighted by atomic mass is 10.0. The van der Waals surface area contributed by atoms with Crippen LogP contribution in [0.5, 0.6) is 0 Å². The van der Waals surface area contributed by atoms with Crippen LogP contribution in [0, 0.1) is 0 Å². The lowest BCUT2D eigenvalue weighted by Crippen LogP contribution is -2.56. The Balaban J connectivity index is 0.00000192. The molecule has 0 aromatic carbocycles. The molecule has 2 saturated heterocycles. The summed E-state index contributed by atoms with van der Waals surface area (Å²) in [6.45, 7) is 3.46. The summed E-state index contributed by atoms with van der Waals surface area (Å²) in [6, 6.07) is 3.73. The zero-order valence-corrected chi connectivity index (χ0v) is 14.5. The molecule has 1 aromatic heterocycles. The zero-order chi connectivity index (χ0) is 15.4. The van der Waals surface area contributed by atoms with Crippen molar-refractivity contribution in [3.05, 3.63) is 22.4 Å². The van der Waals surface area contributed by atoms with E-state index in [9.17, 15) is 9.90 Å². The molecule has 0 spiro atoms. The summed E-state index contributed by atoms with van der Waals surface area (Å²) in [5.74, 6) is -0.00104. The standard InChI is InChI=1S/C15H22N2O4S.ClH/c18-12(14-2-1-7-22-14)8-11-10-20-6-4-17(11)15(19)13-9-16-3-5-21-13;/h1-2,7,11-13,16,18H,3-6,8-10H2;1H. The summed E-state index contributed by atoms with van der Waals surface area (Å²) in [5, 5.41) is 15.5. The Kier molecular flexibility index (Phi) is 7.26. The first-order valence-electron chi connectivity index (χ1n) is 7.67. The van der Waals surface area contributed by atoms with Crippen LogP contribution in [0.15, 0.2) is 17.5 Å². The number of hydrogen-bond donors (Lipinski definition) is 2. The Labute approximate surface area is 146 Å². The number of morpholine rings is 2. The van der Waals surface area contributed by atoms with Crippen molar-refractivity contribution in [1.29, 1.82) is 0 Å². The van der Waals surface area contributed by atoms with Crippen molar-refractivity contribution < 1.29 is 19.4 Å². The minimum absolute atomic E-state index is 0. The number of rotatable bonds is 4. The van der Waals surface area contributed by atoms with Gasteiger partial charge in [-0.25, -0.2) is 0 Å². The lowest BCUT2D eigenvalue weighted by molar-refractivity contribution is -0.155. The van der Waals surface area contributed by atoms with Gasteiger partial charge in [0.25, 0.3) is 5.91 Å². The summed E-state index contributed by atoms with van der Waals surface area (Å²) >= 11 is 1.53. The number of halogens is 1. The molecular weight excluding hydrogens is 340 g/mol. The number of nitrogens with one attached hydrogen (secondary N) is 1. The van der Waals surface area contributed by atoms with Crippen LogP contribution >= 0.6 is 23.7 Å². The van der Waals surface area contributed by atoms with E-state index < -0.39 is 12.2 Å². The van der Waals surface area contributed by atoms with Crippen molar-refractivity contribution in [1.82, 2.24) is 10.2 Å². The zero-order valence-electron chi connectivity index (χ0n) is 12.8. The topological polar surface area (TPSA) is 71.0 Å². The molecule has 3 rings (SSSR count). The van der Waals surface area contributed by atoms with Gasteiger partial charge < -0.3 is 24.8 Å². The second-order valence-electron chi connectivity index (χ2n) is 5.59. The molecule has 1 aromatic rings. The van der Waals surface area contributed by atoms with Crippen molar-refractivity contribution >= 4 is 29.7 Å². The fraction of sp³-hybridized carbons (Fsp3) is 0.667. The minimum atomic E-state index is -0.563. The maximum absolute atomic E-state index is 12.7. The summed E-state index contributed by atoms with van der Waals surface area (Å²) in [4.78, 5) is 15.4. The number of carbonyl (C=O) groups is 1. The third kappa shape index (κ3) is 4.65. The number of nitrogens with zero attached hydrogens (tertiary/aromatic N) is 1. The normalized spacial score (nSPS) is 26.4. The Morgan fingerprint density at radius 3 is 3.09 bits per heavy atom. The molecule has 3 heterocycles. The fourth-order valence-electron chi connectivity index (χ4n) is 2.90. The highest BCUT2D eigenvalue weighted by molar-refractivity contribution is 7.10. The number of aliphatic hydroxyl groups is 1. The van der Waals surface area contributed by atoms with Crippen LogP contribution in [-0.2, 0) is 14.3 Å². The van der Waals surface area contributed by atoms with Gasteiger partial charge in [0.1, 0.15) is 6.10 Å². The summed E-state index contributed by atoms with van der Waals surface area (Å²) in [5.41, 5.74) is 0. The molecule has 3 unspecified atom stereocenters. The maximum atomic E-state index is 12.7. The van der Waals surface area contributed by atoms with Crippen molar-refractivity contribution in [2.24, 2.45) is 0 Å². The molecule has 2 aliphatic heterocycles. The number of hydrogen-bond acceptors (Lipinski definition) is 6. The number of carbonyl (C=O) groups excluding carboxylic acids is 1. The monoisotopic (exact) mass is 362 g/mol. The highest BCUT2D eigenvalue weighted by Gasteiger charge is 2.34. The Morgan fingerprint density at radius 1 is 1.52 bits per heavy atom. The van der Waals surface area contributed by atoms with E-state index in [0.717, 1.165) is 11.4 Å². The molecule has 0 saturated carbocycles. The van der Waals surface area contributed by atoms with Crippen molar-refractivity contribution in [2.75, 3.05) is 39.5 Å². The van der Waals surface area contributed by atoms with Crippen LogP contribution < -0.4 is 5.32 Å². The van der Waals surface area contributed by atoms with E-state index in [1.54, 1.807) is 0 Å². The van der Waals surface area contributed by atoms with Gasteiger partial charge in [0.05, 0.1) is 32.0 Å². The fourth-order valence-corrected chi connectivity index (χ4v) is 3.63. The van der Waals surface area contributed by atoms with E-state index in [1.807, 2.05) is 22.4 Å². The van der Waals surface area contributed by atoms with Gasteiger partial charge in [-0.15, -0.1) is 23.7 Å². The van der Waals surface area contributed by atoms with Gasteiger partial charge in [-0.3, -0.25) is 4.79 Å². The van der Waals surface area contributed by atoms with E-state index in [2.05, 4.69) is 5.32 Å². The van der Waals surface area contributed by atoms with Gasteiger partial charge >= 0.3 is 0 Å². The molecule has 23 heavy (non-hydrogen) atoms. The van der Waals surface area contributed by atoms with Crippen LogP contribution in [0.25, 0.3) is 0 Å². The Morgan fingerprint density at radius 2 is 2.39 bits per heavy atom. The average Bonchev–Trinajstić information content (AvgIpc) is 3.10. The molecule has 130 valence electrons. The number of thiophene rings is 1. The minimum Gasteiger partial charge on any atom is -0.387 e. The van der Waals surface area contributed by atoms with Gasteiger partial charge in [0, 0.05) is 30.9 Å². The molecule has 0 aliphatic carbocycles. The van der Waals surface area contributed by atoms with Crippen molar-refractivity contribution in [3.63, 3.8) is 0 Å². The first kappa shape index (κ1) is 18.6. The van der Waals surface area contributed by atoms with Crippen LogP contribution in [0.4, 0.5) is 0 Å². The summed E-state index contributed by atoms with van der Waals surface area (Å²) in [7, 11) is 0. The molecule has 8 heteroatoms. The Hall–Kier alpha value is -0.700. The summed E-state index contributed by atoms with van der Waals surface area (Å²) < 4.78 is 11.1. The second-order valence-corrected chi connectivity index (χ2v) is 6.57. The van der Waals surface area contributed by atoms with Gasteiger partial charge in [0.2, 0.25) is 0 Å². The SMILES string of the molecule is Cl.O=C(C1CNCCO1)N1CCOCC1CC(O)c1cccs1. The van der Waals surface area contributed by atoms with E-state index in [-0.39, 0.29) is 24.4 Å². The van der Waals surface area contributed by atoms with Crippen LogP contribution in [0.2, 0.25) is 0 Å². The number of ether oxygens (including phenoxy) is 2. The third-order valence-corrected chi connectivity index (χ3v) is 5.05. The quantitative estimate of drug-likeness (QED) is 0.829. The largest absolute Gasteiger partial charge is 0.387 e. The molecule has 6 nitrogen and oxygen atoms in total. The van der Waals surface area contributed by atoms with Crippen LogP contribution in [0.1, 0.15) is 17.4 Å².